The van der Waals surface area contributed by atoms with Gasteiger partial charge in [0.05, 0.1) is 11.5 Å². The van der Waals surface area contributed by atoms with Crippen LogP contribution in [0.15, 0.2) is 54.6 Å². The van der Waals surface area contributed by atoms with Gasteiger partial charge in [0.25, 0.3) is 0 Å². The first-order chi connectivity index (χ1) is 10.2. The second kappa shape index (κ2) is 7.02. The van der Waals surface area contributed by atoms with Crippen molar-refractivity contribution in [2.75, 3.05) is 14.2 Å². The predicted molar refractivity (Wildman–Crippen MR) is 79.4 cm³/mol. The first-order valence-electron chi connectivity index (χ1n) is 6.61. The maximum Gasteiger partial charge on any atom is 0.179 e. The number of ether oxygens (including phenoxy) is 2. The maximum absolute atomic E-state index is 12.8. The van der Waals surface area contributed by atoms with E-state index in [-0.39, 0.29) is 17.1 Å². The Kier molecular flexibility index (Phi) is 5.09. The number of phenolic OH excluding ortho intramolecular Hbond substituents is 1. The first-order valence-corrected chi connectivity index (χ1v) is 6.61. The molecule has 2 aromatic carbocycles. The van der Waals surface area contributed by atoms with Gasteiger partial charge in [0.15, 0.2) is 12.1 Å². The van der Waals surface area contributed by atoms with E-state index in [0.717, 1.165) is 5.56 Å². The molecule has 0 aliphatic rings. The standard InChI is InChI=1S/C17H18O4/c1-20-17(21-2)15(12-8-4-3-5-9-12)16(19)13-10-6-7-11-14(13)18/h3-11,15,17-18H,1-2H3. The molecular weight excluding hydrogens is 268 g/mol. The Morgan fingerprint density at radius 3 is 2.10 bits per heavy atom. The van der Waals surface area contributed by atoms with Crippen LogP contribution in [0.2, 0.25) is 0 Å². The Morgan fingerprint density at radius 1 is 0.952 bits per heavy atom. The molecule has 0 aliphatic carbocycles. The van der Waals surface area contributed by atoms with Crippen LogP contribution in [0.3, 0.4) is 0 Å². The van der Waals surface area contributed by atoms with E-state index in [1.54, 1.807) is 18.2 Å². The summed E-state index contributed by atoms with van der Waals surface area (Å²) in [5.41, 5.74) is 1.03. The second-order valence-corrected chi connectivity index (χ2v) is 4.61. The lowest BCUT2D eigenvalue weighted by atomic mass is 9.89. The summed E-state index contributed by atoms with van der Waals surface area (Å²) in [7, 11) is 2.98. The largest absolute Gasteiger partial charge is 0.507 e. The molecule has 0 heterocycles. The highest BCUT2D eigenvalue weighted by atomic mass is 16.7. The third-order valence-electron chi connectivity index (χ3n) is 3.35. The van der Waals surface area contributed by atoms with Gasteiger partial charge in [0.1, 0.15) is 5.75 Å². The Morgan fingerprint density at radius 2 is 1.52 bits per heavy atom. The van der Waals surface area contributed by atoms with E-state index in [1.165, 1.54) is 20.3 Å². The molecule has 4 heteroatoms. The van der Waals surface area contributed by atoms with Crippen molar-refractivity contribution in [2.45, 2.75) is 12.2 Å². The van der Waals surface area contributed by atoms with Crippen molar-refractivity contribution < 1.29 is 19.4 Å². The van der Waals surface area contributed by atoms with E-state index >= 15 is 0 Å². The van der Waals surface area contributed by atoms with Gasteiger partial charge in [-0.2, -0.15) is 0 Å². The van der Waals surface area contributed by atoms with E-state index in [0.29, 0.717) is 0 Å². The zero-order valence-corrected chi connectivity index (χ0v) is 12.0. The fraction of sp³-hybridized carbons (Fsp3) is 0.235. The summed E-state index contributed by atoms with van der Waals surface area (Å²) in [5, 5.41) is 9.90. The van der Waals surface area contributed by atoms with Gasteiger partial charge in [-0.1, -0.05) is 42.5 Å². The number of aromatic hydroxyl groups is 1. The highest BCUT2D eigenvalue weighted by Crippen LogP contribution is 2.29. The lowest BCUT2D eigenvalue weighted by molar-refractivity contribution is -0.110. The average molecular weight is 286 g/mol. The molecule has 0 saturated heterocycles. The number of hydrogen-bond donors (Lipinski definition) is 1. The van der Waals surface area contributed by atoms with E-state index in [9.17, 15) is 9.90 Å². The van der Waals surface area contributed by atoms with Crippen LogP contribution < -0.4 is 0 Å². The molecular formula is C17H18O4. The number of hydrogen-bond acceptors (Lipinski definition) is 4. The van der Waals surface area contributed by atoms with Crippen LogP contribution in [0.4, 0.5) is 0 Å². The van der Waals surface area contributed by atoms with Gasteiger partial charge in [0, 0.05) is 14.2 Å². The van der Waals surface area contributed by atoms with E-state index in [2.05, 4.69) is 0 Å². The summed E-state index contributed by atoms with van der Waals surface area (Å²) in [6.45, 7) is 0. The van der Waals surface area contributed by atoms with Gasteiger partial charge in [-0.3, -0.25) is 4.79 Å². The average Bonchev–Trinajstić information content (AvgIpc) is 2.53. The summed E-state index contributed by atoms with van der Waals surface area (Å²) in [4.78, 5) is 12.8. The van der Waals surface area contributed by atoms with Gasteiger partial charge in [0.2, 0.25) is 0 Å². The maximum atomic E-state index is 12.8. The van der Waals surface area contributed by atoms with Crippen molar-refractivity contribution in [3.63, 3.8) is 0 Å². The normalized spacial score (nSPS) is 12.3. The monoisotopic (exact) mass is 286 g/mol. The molecule has 110 valence electrons. The number of carbonyl (C=O) groups excluding carboxylic acids is 1. The van der Waals surface area contributed by atoms with Crippen LogP contribution in [0.25, 0.3) is 0 Å². The summed E-state index contributed by atoms with van der Waals surface area (Å²) in [5.74, 6) is -0.933. The molecule has 0 aromatic heterocycles. The molecule has 0 aliphatic heterocycles. The molecule has 2 rings (SSSR count). The van der Waals surface area contributed by atoms with Crippen molar-refractivity contribution in [2.24, 2.45) is 0 Å². The van der Waals surface area contributed by atoms with Crippen molar-refractivity contribution in [3.05, 3.63) is 65.7 Å². The number of ketones is 1. The lowest BCUT2D eigenvalue weighted by Crippen LogP contribution is -2.29. The highest BCUT2D eigenvalue weighted by molar-refractivity contribution is 6.03. The van der Waals surface area contributed by atoms with Crippen molar-refractivity contribution >= 4 is 5.78 Å². The van der Waals surface area contributed by atoms with Crippen molar-refractivity contribution in [1.29, 1.82) is 0 Å². The van der Waals surface area contributed by atoms with Gasteiger partial charge >= 0.3 is 0 Å². The molecule has 21 heavy (non-hydrogen) atoms. The Labute approximate surface area is 123 Å². The molecule has 0 bridgehead atoms. The number of carbonyl (C=O) groups is 1. The van der Waals surface area contributed by atoms with E-state index in [1.807, 2.05) is 30.3 Å². The van der Waals surface area contributed by atoms with E-state index < -0.39 is 12.2 Å². The minimum Gasteiger partial charge on any atom is -0.507 e. The summed E-state index contributed by atoms with van der Waals surface area (Å²) in [6, 6.07) is 15.7. The lowest BCUT2D eigenvalue weighted by Gasteiger charge is -2.24. The first kappa shape index (κ1) is 15.2. The highest BCUT2D eigenvalue weighted by Gasteiger charge is 2.32. The minimum atomic E-state index is -0.723. The minimum absolute atomic E-state index is 0.0469. The number of methoxy groups -OCH3 is 2. The van der Waals surface area contributed by atoms with Crippen LogP contribution in [0.5, 0.6) is 5.75 Å². The molecule has 0 amide bonds. The van der Waals surface area contributed by atoms with Crippen molar-refractivity contribution in [1.82, 2.24) is 0 Å². The SMILES string of the molecule is COC(OC)C(C(=O)c1ccccc1O)c1ccccc1. The number of phenols is 1. The Bertz CT molecular complexity index is 591. The zero-order valence-electron chi connectivity index (χ0n) is 12.0. The van der Waals surface area contributed by atoms with Crippen molar-refractivity contribution in [3.8, 4) is 5.75 Å². The molecule has 0 saturated carbocycles. The van der Waals surface area contributed by atoms with Crippen LogP contribution in [-0.2, 0) is 9.47 Å². The van der Waals surface area contributed by atoms with E-state index in [4.69, 9.17) is 9.47 Å². The smallest absolute Gasteiger partial charge is 0.179 e. The number of para-hydroxylation sites is 1. The molecule has 0 fully saturated rings. The molecule has 1 N–H and O–H groups in total. The van der Waals surface area contributed by atoms with Crippen LogP contribution in [-0.4, -0.2) is 31.4 Å². The van der Waals surface area contributed by atoms with Gasteiger partial charge < -0.3 is 14.6 Å². The quantitative estimate of drug-likeness (QED) is 0.655. The van der Waals surface area contributed by atoms with Crippen LogP contribution >= 0.6 is 0 Å². The third kappa shape index (κ3) is 3.29. The third-order valence-corrected chi connectivity index (χ3v) is 3.35. The molecule has 0 radical (unpaired) electrons. The molecule has 1 atom stereocenters. The van der Waals surface area contributed by atoms with Gasteiger partial charge in [-0.05, 0) is 17.7 Å². The number of benzene rings is 2. The number of rotatable bonds is 6. The predicted octanol–water partition coefficient (Wildman–Crippen LogP) is 2.98. The van der Waals surface area contributed by atoms with Gasteiger partial charge in [-0.25, -0.2) is 0 Å². The van der Waals surface area contributed by atoms with Crippen LogP contribution in [0, 0.1) is 0 Å². The fourth-order valence-corrected chi connectivity index (χ4v) is 2.31. The Balaban J connectivity index is 2.45. The summed E-state index contributed by atoms with van der Waals surface area (Å²) < 4.78 is 10.5. The van der Waals surface area contributed by atoms with Gasteiger partial charge in [-0.15, -0.1) is 0 Å². The molecule has 2 aromatic rings. The zero-order chi connectivity index (χ0) is 15.2. The molecule has 0 spiro atoms. The molecule has 4 nitrogen and oxygen atoms in total. The van der Waals surface area contributed by atoms with Crippen LogP contribution in [0.1, 0.15) is 21.8 Å². The second-order valence-electron chi connectivity index (χ2n) is 4.61. The summed E-state index contributed by atoms with van der Waals surface area (Å²) >= 11 is 0. The Hall–Kier alpha value is -2.17. The topological polar surface area (TPSA) is 55.8 Å². The molecule has 1 unspecified atom stereocenters. The summed E-state index contributed by atoms with van der Waals surface area (Å²) in [6.07, 6.45) is -0.723. The number of Topliss-reactive ketones (excluding diaryl/α,β-unsaturated/α-hetero) is 1. The fourth-order valence-electron chi connectivity index (χ4n) is 2.31.